The van der Waals surface area contributed by atoms with Gasteiger partial charge >= 0.3 is 23.9 Å². The molecule has 1 aromatic rings. The fourth-order valence-electron chi connectivity index (χ4n) is 1.90. The molecule has 7 heteroatoms. The summed E-state index contributed by atoms with van der Waals surface area (Å²) >= 11 is 0. The molecule has 0 aliphatic heterocycles. The van der Waals surface area contributed by atoms with E-state index in [2.05, 4.69) is 11.3 Å². The quantitative estimate of drug-likeness (QED) is 0.442. The first kappa shape index (κ1) is 23.3. The molecule has 1 aromatic carbocycles. The Morgan fingerprint density at radius 1 is 0.828 bits per heavy atom. The molecule has 0 atom stereocenters. The monoisotopic (exact) mass is 398 g/mol. The van der Waals surface area contributed by atoms with Gasteiger partial charge in [-0.15, -0.1) is 0 Å². The standard InChI is InChI=1S/C10H10O3.C8H8.C4H4O4/c11-9(7-3-1-4-7)13-10(12)8-5-2-6-8;1-2-8-6-4-3-5-7-8;5-3(6)1-2-4(7)8/h3,5H,1-2,4,6H2;2-7H,1H2;1-2H,(H,5,6)(H,7,8)/b;;2-1-. The van der Waals surface area contributed by atoms with Crippen molar-refractivity contribution in [3.8, 4) is 0 Å². The third kappa shape index (κ3) is 9.67. The number of benzene rings is 1. The number of carbonyl (C=O) groups is 4. The number of esters is 2. The average Bonchev–Trinajstić information content (AvgIpc) is 2.58. The summed E-state index contributed by atoms with van der Waals surface area (Å²) in [7, 11) is 0. The molecule has 0 unspecified atom stereocenters. The summed E-state index contributed by atoms with van der Waals surface area (Å²) in [5, 5.41) is 15.6. The molecule has 0 aromatic heterocycles. The molecule has 152 valence electrons. The van der Waals surface area contributed by atoms with Crippen molar-refractivity contribution in [2.45, 2.75) is 25.7 Å². The van der Waals surface area contributed by atoms with Crippen LogP contribution in [0.2, 0.25) is 0 Å². The first-order chi connectivity index (χ1) is 13.8. The first-order valence-electron chi connectivity index (χ1n) is 8.79. The molecule has 0 radical (unpaired) electrons. The molecule has 2 N–H and O–H groups in total. The van der Waals surface area contributed by atoms with Crippen LogP contribution in [-0.2, 0) is 23.9 Å². The molecule has 0 spiro atoms. The van der Waals surface area contributed by atoms with E-state index in [4.69, 9.17) is 10.2 Å². The lowest BCUT2D eigenvalue weighted by Gasteiger charge is -2.15. The summed E-state index contributed by atoms with van der Waals surface area (Å²) in [5.41, 5.74) is 2.44. The number of allylic oxidation sites excluding steroid dienone is 2. The smallest absolute Gasteiger partial charge is 0.341 e. The predicted octanol–water partition coefficient (Wildman–Crippen LogP) is 3.54. The number of carboxylic acids is 2. The van der Waals surface area contributed by atoms with E-state index in [1.165, 1.54) is 5.56 Å². The van der Waals surface area contributed by atoms with Crippen molar-refractivity contribution in [2.75, 3.05) is 0 Å². The maximum atomic E-state index is 11.1. The Morgan fingerprint density at radius 2 is 1.24 bits per heavy atom. The van der Waals surface area contributed by atoms with E-state index in [-0.39, 0.29) is 0 Å². The Morgan fingerprint density at radius 3 is 1.48 bits per heavy atom. The van der Waals surface area contributed by atoms with Crippen LogP contribution >= 0.6 is 0 Å². The molecule has 0 amide bonds. The van der Waals surface area contributed by atoms with Gasteiger partial charge in [0.15, 0.2) is 0 Å². The fraction of sp³-hybridized carbons (Fsp3) is 0.182. The average molecular weight is 398 g/mol. The normalized spacial score (nSPS) is 13.5. The Balaban J connectivity index is 0.000000230. The number of hydrogen-bond donors (Lipinski definition) is 2. The van der Waals surface area contributed by atoms with Gasteiger partial charge in [0.05, 0.1) is 0 Å². The third-order valence-corrected chi connectivity index (χ3v) is 3.72. The second kappa shape index (κ2) is 12.6. The maximum Gasteiger partial charge on any atom is 0.341 e. The topological polar surface area (TPSA) is 118 Å². The van der Waals surface area contributed by atoms with Crippen LogP contribution < -0.4 is 0 Å². The SMILES string of the molecule is C=Cc1ccccc1.O=C(O)/C=C\C(=O)O.O=C(OC(=O)C1=CCC1)C1=CCC1. The lowest BCUT2D eigenvalue weighted by atomic mass is 9.98. The number of hydrogen-bond acceptors (Lipinski definition) is 5. The number of carboxylic acid groups (broad SMARTS) is 2. The third-order valence-electron chi connectivity index (χ3n) is 3.72. The minimum absolute atomic E-state index is 0.468. The van der Waals surface area contributed by atoms with E-state index in [0.29, 0.717) is 23.3 Å². The van der Waals surface area contributed by atoms with Crippen molar-refractivity contribution in [3.63, 3.8) is 0 Å². The Kier molecular flexibility index (Phi) is 10.1. The van der Waals surface area contributed by atoms with E-state index in [1.807, 2.05) is 36.4 Å². The van der Waals surface area contributed by atoms with E-state index in [1.54, 1.807) is 12.2 Å². The lowest BCUT2D eigenvalue weighted by molar-refractivity contribution is -0.154. The summed E-state index contributed by atoms with van der Waals surface area (Å²) in [6.45, 7) is 3.63. The van der Waals surface area contributed by atoms with Gasteiger partial charge in [0.1, 0.15) is 0 Å². The zero-order valence-electron chi connectivity index (χ0n) is 15.7. The van der Waals surface area contributed by atoms with Crippen molar-refractivity contribution in [1.82, 2.24) is 0 Å². The number of rotatable bonds is 5. The summed E-state index contributed by atoms with van der Waals surface area (Å²) in [6, 6.07) is 10.0. The second-order valence-electron chi connectivity index (χ2n) is 5.84. The van der Waals surface area contributed by atoms with Crippen molar-refractivity contribution < 1.29 is 34.1 Å². The first-order valence-corrected chi connectivity index (χ1v) is 8.79. The van der Waals surface area contributed by atoms with Gasteiger partial charge in [-0.05, 0) is 31.2 Å². The zero-order chi connectivity index (χ0) is 21.6. The molecule has 0 heterocycles. The van der Waals surface area contributed by atoms with Gasteiger partial charge in [0.2, 0.25) is 0 Å². The maximum absolute atomic E-state index is 11.1. The second-order valence-corrected chi connectivity index (χ2v) is 5.84. The van der Waals surface area contributed by atoms with Crippen LogP contribution in [0.5, 0.6) is 0 Å². The lowest BCUT2D eigenvalue weighted by Crippen LogP contribution is -2.20. The minimum Gasteiger partial charge on any atom is -0.478 e. The van der Waals surface area contributed by atoms with Crippen LogP contribution in [0.4, 0.5) is 0 Å². The summed E-state index contributed by atoms with van der Waals surface area (Å²) in [6.07, 6.45) is 9.86. The van der Waals surface area contributed by atoms with Gasteiger partial charge in [-0.2, -0.15) is 0 Å². The Hall–Kier alpha value is -3.74. The van der Waals surface area contributed by atoms with Crippen molar-refractivity contribution in [2.24, 2.45) is 0 Å². The molecule has 2 aliphatic rings. The van der Waals surface area contributed by atoms with E-state index >= 15 is 0 Å². The Bertz CT molecular complexity index is 797. The van der Waals surface area contributed by atoms with E-state index < -0.39 is 23.9 Å². The van der Waals surface area contributed by atoms with Crippen molar-refractivity contribution in [3.05, 3.63) is 77.9 Å². The van der Waals surface area contributed by atoms with E-state index in [9.17, 15) is 19.2 Å². The van der Waals surface area contributed by atoms with Crippen LogP contribution in [0.15, 0.2) is 72.4 Å². The fourth-order valence-corrected chi connectivity index (χ4v) is 1.90. The van der Waals surface area contributed by atoms with Crippen LogP contribution in [0, 0.1) is 0 Å². The van der Waals surface area contributed by atoms with Crippen LogP contribution in [-0.4, -0.2) is 34.1 Å². The van der Waals surface area contributed by atoms with Crippen LogP contribution in [0.3, 0.4) is 0 Å². The highest BCUT2D eigenvalue weighted by Crippen LogP contribution is 2.22. The number of ether oxygens (including phenoxy) is 1. The summed E-state index contributed by atoms with van der Waals surface area (Å²) < 4.78 is 4.64. The van der Waals surface area contributed by atoms with Gasteiger partial charge < -0.3 is 14.9 Å². The van der Waals surface area contributed by atoms with Crippen molar-refractivity contribution >= 4 is 30.0 Å². The molecule has 7 nitrogen and oxygen atoms in total. The number of aliphatic carboxylic acids is 2. The molecule has 29 heavy (non-hydrogen) atoms. The molecular formula is C22H22O7. The van der Waals surface area contributed by atoms with Crippen LogP contribution in [0.1, 0.15) is 31.2 Å². The van der Waals surface area contributed by atoms with Gasteiger partial charge in [0.25, 0.3) is 0 Å². The molecule has 2 aliphatic carbocycles. The molecular weight excluding hydrogens is 376 g/mol. The van der Waals surface area contributed by atoms with Crippen molar-refractivity contribution in [1.29, 1.82) is 0 Å². The molecule has 0 fully saturated rings. The molecule has 0 bridgehead atoms. The van der Waals surface area contributed by atoms with E-state index in [0.717, 1.165) is 25.7 Å². The highest BCUT2D eigenvalue weighted by atomic mass is 16.6. The van der Waals surface area contributed by atoms with Gasteiger partial charge in [-0.1, -0.05) is 55.1 Å². The highest BCUT2D eigenvalue weighted by molar-refractivity contribution is 6.02. The summed E-state index contributed by atoms with van der Waals surface area (Å²) in [4.78, 5) is 41.4. The molecule has 0 saturated heterocycles. The summed E-state index contributed by atoms with van der Waals surface area (Å²) in [5.74, 6) is -3.45. The van der Waals surface area contributed by atoms with Gasteiger partial charge in [0, 0.05) is 23.3 Å². The minimum atomic E-state index is -1.26. The predicted molar refractivity (Wildman–Crippen MR) is 107 cm³/mol. The van der Waals surface area contributed by atoms with Crippen LogP contribution in [0.25, 0.3) is 6.08 Å². The number of carbonyl (C=O) groups excluding carboxylic acids is 2. The highest BCUT2D eigenvalue weighted by Gasteiger charge is 2.23. The Labute approximate surface area is 168 Å². The largest absolute Gasteiger partial charge is 0.478 e. The van der Waals surface area contributed by atoms with Gasteiger partial charge in [-0.25, -0.2) is 19.2 Å². The van der Waals surface area contributed by atoms with Gasteiger partial charge in [-0.3, -0.25) is 0 Å². The molecule has 3 rings (SSSR count). The molecule has 0 saturated carbocycles. The zero-order valence-corrected chi connectivity index (χ0v) is 15.7.